The number of nitrogens with one attached hydrogen (secondary N) is 1. The Kier molecular flexibility index (Phi) is 5.10. The zero-order valence-electron chi connectivity index (χ0n) is 16.6. The van der Waals surface area contributed by atoms with E-state index in [0.717, 1.165) is 17.5 Å². The van der Waals surface area contributed by atoms with Crippen molar-refractivity contribution >= 4 is 17.3 Å². The van der Waals surface area contributed by atoms with E-state index < -0.39 is 10.8 Å². The summed E-state index contributed by atoms with van der Waals surface area (Å²) < 4.78 is 10.6. The van der Waals surface area contributed by atoms with Gasteiger partial charge in [-0.3, -0.25) is 14.9 Å². The van der Waals surface area contributed by atoms with Gasteiger partial charge >= 0.3 is 0 Å². The standard InChI is InChI=1S/C23H20N2O5/c1-3-30-22-13-20(25(27)28)19(12-21(22)29-2)23(26)24-16-9-8-15-10-14-6-4-5-7-17(14)18(15)11-16/h4-9,11-13H,3,10H2,1-2H3,(H,24,26). The maximum atomic E-state index is 12.9. The second kappa shape index (κ2) is 7.87. The average Bonchev–Trinajstić information content (AvgIpc) is 3.11. The van der Waals surface area contributed by atoms with Crippen molar-refractivity contribution < 1.29 is 19.2 Å². The maximum absolute atomic E-state index is 12.9. The van der Waals surface area contributed by atoms with Gasteiger partial charge in [-0.15, -0.1) is 0 Å². The fourth-order valence-corrected chi connectivity index (χ4v) is 3.71. The Morgan fingerprint density at radius 3 is 2.57 bits per heavy atom. The Hall–Kier alpha value is -3.87. The second-order valence-electron chi connectivity index (χ2n) is 6.87. The van der Waals surface area contributed by atoms with Gasteiger partial charge < -0.3 is 14.8 Å². The fraction of sp³-hybridized carbons (Fsp3) is 0.174. The van der Waals surface area contributed by atoms with Crippen LogP contribution < -0.4 is 14.8 Å². The van der Waals surface area contributed by atoms with Crippen LogP contribution in [0.15, 0.2) is 54.6 Å². The number of benzene rings is 3. The Labute approximate surface area is 173 Å². The summed E-state index contributed by atoms with van der Waals surface area (Å²) in [6.45, 7) is 2.08. The molecule has 0 saturated carbocycles. The number of fused-ring (bicyclic) bond motifs is 3. The van der Waals surface area contributed by atoms with Crippen LogP contribution in [-0.2, 0) is 6.42 Å². The number of anilines is 1. The van der Waals surface area contributed by atoms with Crippen molar-refractivity contribution in [3.63, 3.8) is 0 Å². The van der Waals surface area contributed by atoms with E-state index in [9.17, 15) is 14.9 Å². The summed E-state index contributed by atoms with van der Waals surface area (Å²) in [5.74, 6) is -0.109. The molecule has 0 fully saturated rings. The molecule has 4 rings (SSSR count). The summed E-state index contributed by atoms with van der Waals surface area (Å²) in [6.07, 6.45) is 0.849. The predicted molar refractivity (Wildman–Crippen MR) is 113 cm³/mol. The van der Waals surface area contributed by atoms with Crippen LogP contribution in [0.2, 0.25) is 0 Å². The molecule has 30 heavy (non-hydrogen) atoms. The molecular formula is C23H20N2O5. The molecule has 1 aliphatic carbocycles. The molecule has 0 aliphatic heterocycles. The summed E-state index contributed by atoms with van der Waals surface area (Å²) in [5.41, 5.74) is 4.74. The molecule has 0 saturated heterocycles. The lowest BCUT2D eigenvalue weighted by molar-refractivity contribution is -0.385. The minimum atomic E-state index is -0.601. The lowest BCUT2D eigenvalue weighted by Gasteiger charge is -2.12. The number of rotatable bonds is 6. The molecule has 1 amide bonds. The molecule has 1 N–H and O–H groups in total. The first-order valence-electron chi connectivity index (χ1n) is 9.53. The van der Waals surface area contributed by atoms with E-state index in [2.05, 4.69) is 17.4 Å². The smallest absolute Gasteiger partial charge is 0.286 e. The number of hydrogen-bond acceptors (Lipinski definition) is 5. The van der Waals surface area contributed by atoms with Gasteiger partial charge in [0.1, 0.15) is 5.56 Å². The summed E-state index contributed by atoms with van der Waals surface area (Å²) in [4.78, 5) is 23.9. The fourth-order valence-electron chi connectivity index (χ4n) is 3.71. The average molecular weight is 404 g/mol. The summed E-state index contributed by atoms with van der Waals surface area (Å²) in [5, 5.41) is 14.3. The monoisotopic (exact) mass is 404 g/mol. The summed E-state index contributed by atoms with van der Waals surface area (Å²) in [6, 6.07) is 16.4. The van der Waals surface area contributed by atoms with Gasteiger partial charge in [-0.2, -0.15) is 0 Å². The Balaban J connectivity index is 1.68. The van der Waals surface area contributed by atoms with Crippen molar-refractivity contribution in [2.24, 2.45) is 0 Å². The zero-order chi connectivity index (χ0) is 21.3. The molecule has 0 heterocycles. The molecule has 7 heteroatoms. The van der Waals surface area contributed by atoms with E-state index in [1.54, 1.807) is 13.0 Å². The molecule has 152 valence electrons. The van der Waals surface area contributed by atoms with Gasteiger partial charge in [-0.25, -0.2) is 0 Å². The maximum Gasteiger partial charge on any atom is 0.286 e. The van der Waals surface area contributed by atoms with Gasteiger partial charge in [0.05, 0.1) is 24.7 Å². The van der Waals surface area contributed by atoms with Crippen LogP contribution in [-0.4, -0.2) is 24.5 Å². The molecule has 0 radical (unpaired) electrons. The number of carbonyl (C=O) groups is 1. The van der Waals surface area contributed by atoms with E-state index in [1.807, 2.05) is 24.3 Å². The van der Waals surface area contributed by atoms with Crippen LogP contribution in [0.1, 0.15) is 28.4 Å². The highest BCUT2D eigenvalue weighted by molar-refractivity contribution is 6.08. The van der Waals surface area contributed by atoms with Gasteiger partial charge in [0, 0.05) is 11.8 Å². The van der Waals surface area contributed by atoms with Gasteiger partial charge in [-0.1, -0.05) is 30.3 Å². The minimum Gasteiger partial charge on any atom is -0.493 e. The Morgan fingerprint density at radius 2 is 1.83 bits per heavy atom. The van der Waals surface area contributed by atoms with Crippen LogP contribution in [0, 0.1) is 10.1 Å². The van der Waals surface area contributed by atoms with E-state index >= 15 is 0 Å². The summed E-state index contributed by atoms with van der Waals surface area (Å²) >= 11 is 0. The van der Waals surface area contributed by atoms with E-state index in [-0.39, 0.29) is 22.7 Å². The first-order chi connectivity index (χ1) is 14.5. The number of amides is 1. The number of nitro groups is 1. The Morgan fingerprint density at radius 1 is 1.07 bits per heavy atom. The molecule has 3 aromatic carbocycles. The lowest BCUT2D eigenvalue weighted by Crippen LogP contribution is -2.14. The van der Waals surface area contributed by atoms with Crippen molar-refractivity contribution in [3.05, 3.63) is 81.4 Å². The minimum absolute atomic E-state index is 0.0961. The predicted octanol–water partition coefficient (Wildman–Crippen LogP) is 4.83. The number of nitro benzene ring substituents is 1. The van der Waals surface area contributed by atoms with Crippen molar-refractivity contribution in [3.8, 4) is 22.6 Å². The number of carbonyl (C=O) groups excluding carboxylic acids is 1. The molecule has 0 aromatic heterocycles. The van der Waals surface area contributed by atoms with Crippen LogP contribution >= 0.6 is 0 Å². The second-order valence-corrected chi connectivity index (χ2v) is 6.87. The normalized spacial score (nSPS) is 11.4. The number of hydrogen-bond donors (Lipinski definition) is 1. The van der Waals surface area contributed by atoms with Crippen LogP contribution in [0.25, 0.3) is 11.1 Å². The highest BCUT2D eigenvalue weighted by atomic mass is 16.6. The van der Waals surface area contributed by atoms with Gasteiger partial charge in [-0.05, 0) is 47.7 Å². The van der Waals surface area contributed by atoms with Gasteiger partial charge in [0.15, 0.2) is 11.5 Å². The SMILES string of the molecule is CCOc1cc([N+](=O)[O-])c(C(=O)Nc2ccc3c(c2)-c2ccccc2C3)cc1OC. The Bertz CT molecular complexity index is 1160. The number of ether oxygens (including phenoxy) is 2. The molecule has 1 aliphatic rings. The third kappa shape index (κ3) is 3.45. The first-order valence-corrected chi connectivity index (χ1v) is 9.53. The van der Waals surface area contributed by atoms with Gasteiger partial charge in [0.2, 0.25) is 0 Å². The van der Waals surface area contributed by atoms with Crippen molar-refractivity contribution in [2.45, 2.75) is 13.3 Å². The van der Waals surface area contributed by atoms with E-state index in [0.29, 0.717) is 12.3 Å². The molecule has 0 atom stereocenters. The molecule has 0 bridgehead atoms. The van der Waals surface area contributed by atoms with E-state index in [4.69, 9.17) is 9.47 Å². The zero-order valence-corrected chi connectivity index (χ0v) is 16.6. The van der Waals surface area contributed by atoms with Crippen LogP contribution in [0.4, 0.5) is 11.4 Å². The number of nitrogens with zero attached hydrogens (tertiary/aromatic N) is 1. The topological polar surface area (TPSA) is 90.7 Å². The lowest BCUT2D eigenvalue weighted by atomic mass is 10.0. The van der Waals surface area contributed by atoms with Crippen LogP contribution in [0.5, 0.6) is 11.5 Å². The first kappa shape index (κ1) is 19.4. The molecular weight excluding hydrogens is 384 g/mol. The number of methoxy groups -OCH3 is 1. The molecule has 7 nitrogen and oxygen atoms in total. The largest absolute Gasteiger partial charge is 0.493 e. The van der Waals surface area contributed by atoms with Crippen molar-refractivity contribution in [1.29, 1.82) is 0 Å². The molecule has 3 aromatic rings. The van der Waals surface area contributed by atoms with Crippen molar-refractivity contribution in [2.75, 3.05) is 19.0 Å². The summed E-state index contributed by atoms with van der Waals surface area (Å²) in [7, 11) is 1.42. The van der Waals surface area contributed by atoms with E-state index in [1.165, 1.54) is 30.4 Å². The van der Waals surface area contributed by atoms with Gasteiger partial charge in [0.25, 0.3) is 11.6 Å². The molecule has 0 spiro atoms. The highest BCUT2D eigenvalue weighted by Crippen LogP contribution is 2.38. The highest BCUT2D eigenvalue weighted by Gasteiger charge is 2.25. The van der Waals surface area contributed by atoms with Crippen LogP contribution in [0.3, 0.4) is 0 Å². The third-order valence-corrected chi connectivity index (χ3v) is 5.08. The quantitative estimate of drug-likeness (QED) is 0.367. The molecule has 0 unspecified atom stereocenters. The van der Waals surface area contributed by atoms with Crippen molar-refractivity contribution in [1.82, 2.24) is 0 Å². The third-order valence-electron chi connectivity index (χ3n) is 5.08.